The predicted molar refractivity (Wildman–Crippen MR) is 65.9 cm³/mol. The molecule has 0 bridgehead atoms. The van der Waals surface area contributed by atoms with Crippen molar-refractivity contribution in [2.75, 3.05) is 6.61 Å². The largest absolute Gasteiger partial charge is 0.489 e. The van der Waals surface area contributed by atoms with E-state index in [0.29, 0.717) is 4.47 Å². The average molecular weight is 346 g/mol. The third-order valence-electron chi connectivity index (χ3n) is 2.04. The highest BCUT2D eigenvalue weighted by Crippen LogP contribution is 2.28. The molecule has 1 aromatic rings. The number of ether oxygens (including phenoxy) is 1. The van der Waals surface area contributed by atoms with E-state index in [1.165, 1.54) is 12.1 Å². The van der Waals surface area contributed by atoms with Crippen LogP contribution in [0.4, 0.5) is 17.6 Å². The van der Waals surface area contributed by atoms with Crippen molar-refractivity contribution in [2.24, 2.45) is 11.7 Å². The molecule has 0 heterocycles. The summed E-state index contributed by atoms with van der Waals surface area (Å²) in [5, 5.41) is 0. The Morgan fingerprint density at radius 3 is 2.50 bits per heavy atom. The zero-order chi connectivity index (χ0) is 13.9. The van der Waals surface area contributed by atoms with E-state index in [4.69, 9.17) is 10.5 Å². The third-order valence-corrected chi connectivity index (χ3v) is 2.82. The summed E-state index contributed by atoms with van der Waals surface area (Å²) < 4.78 is 56.0. The SMILES string of the molecule is NC(=S)C(COc1ccc(Br)cc1F)C(F)(F)F. The first-order chi connectivity index (χ1) is 8.21. The average Bonchev–Trinajstić information content (AvgIpc) is 2.18. The molecule has 100 valence electrons. The van der Waals surface area contributed by atoms with Crippen LogP contribution in [0, 0.1) is 11.7 Å². The fourth-order valence-corrected chi connectivity index (χ4v) is 1.64. The van der Waals surface area contributed by atoms with E-state index in [0.717, 1.165) is 6.07 Å². The van der Waals surface area contributed by atoms with Crippen LogP contribution in [0.5, 0.6) is 5.75 Å². The van der Waals surface area contributed by atoms with E-state index in [1.54, 1.807) is 0 Å². The van der Waals surface area contributed by atoms with Crippen LogP contribution in [0.25, 0.3) is 0 Å². The van der Waals surface area contributed by atoms with Crippen molar-refractivity contribution in [3.8, 4) is 5.75 Å². The highest BCUT2D eigenvalue weighted by Gasteiger charge is 2.42. The lowest BCUT2D eigenvalue weighted by molar-refractivity contribution is -0.161. The molecule has 18 heavy (non-hydrogen) atoms. The molecule has 1 unspecified atom stereocenters. The van der Waals surface area contributed by atoms with Gasteiger partial charge in [-0.15, -0.1) is 0 Å². The summed E-state index contributed by atoms with van der Waals surface area (Å²) in [6, 6.07) is 3.74. The van der Waals surface area contributed by atoms with Crippen LogP contribution in [0.15, 0.2) is 22.7 Å². The highest BCUT2D eigenvalue weighted by atomic mass is 79.9. The van der Waals surface area contributed by atoms with Gasteiger partial charge in [-0.05, 0) is 18.2 Å². The Kier molecular flexibility index (Phi) is 4.92. The highest BCUT2D eigenvalue weighted by molar-refractivity contribution is 9.10. The second-order valence-corrected chi connectivity index (χ2v) is 4.77. The Labute approximate surface area is 114 Å². The molecule has 2 N–H and O–H groups in total. The Bertz CT molecular complexity index is 452. The standard InChI is InChI=1S/C10H8BrF4NOS/c11-5-1-2-8(7(12)3-5)17-4-6(9(16)18)10(13,14)15/h1-3,6H,4H2,(H2,16,18). The lowest BCUT2D eigenvalue weighted by atomic mass is 10.1. The zero-order valence-corrected chi connectivity index (χ0v) is 11.2. The number of hydrogen-bond donors (Lipinski definition) is 1. The molecule has 0 spiro atoms. The topological polar surface area (TPSA) is 35.2 Å². The van der Waals surface area contributed by atoms with Gasteiger partial charge < -0.3 is 10.5 Å². The van der Waals surface area contributed by atoms with Gasteiger partial charge in [-0.1, -0.05) is 28.1 Å². The fraction of sp³-hybridized carbons (Fsp3) is 0.300. The van der Waals surface area contributed by atoms with Gasteiger partial charge in [0.25, 0.3) is 0 Å². The molecule has 0 saturated carbocycles. The van der Waals surface area contributed by atoms with Crippen molar-refractivity contribution in [3.05, 3.63) is 28.5 Å². The maximum atomic E-state index is 13.3. The van der Waals surface area contributed by atoms with Gasteiger partial charge >= 0.3 is 6.18 Å². The molecular formula is C10H8BrF4NOS. The van der Waals surface area contributed by atoms with Crippen molar-refractivity contribution in [1.29, 1.82) is 0 Å². The minimum Gasteiger partial charge on any atom is -0.489 e. The first-order valence-corrected chi connectivity index (χ1v) is 5.86. The number of nitrogens with two attached hydrogens (primary N) is 1. The van der Waals surface area contributed by atoms with E-state index in [-0.39, 0.29) is 5.75 Å². The summed E-state index contributed by atoms with van der Waals surface area (Å²) in [5.41, 5.74) is 4.98. The van der Waals surface area contributed by atoms with Crippen molar-refractivity contribution < 1.29 is 22.3 Å². The van der Waals surface area contributed by atoms with Gasteiger partial charge in [0.15, 0.2) is 11.6 Å². The Balaban J connectivity index is 2.77. The Hall–Kier alpha value is -0.890. The summed E-state index contributed by atoms with van der Waals surface area (Å²) >= 11 is 7.33. The molecule has 8 heteroatoms. The van der Waals surface area contributed by atoms with Gasteiger partial charge in [0.05, 0.1) is 4.99 Å². The van der Waals surface area contributed by atoms with Crippen molar-refractivity contribution in [3.63, 3.8) is 0 Å². The van der Waals surface area contributed by atoms with Crippen molar-refractivity contribution in [1.82, 2.24) is 0 Å². The first kappa shape index (κ1) is 15.2. The quantitative estimate of drug-likeness (QED) is 0.670. The van der Waals surface area contributed by atoms with Crippen LogP contribution in [-0.4, -0.2) is 17.8 Å². The number of alkyl halides is 3. The van der Waals surface area contributed by atoms with Gasteiger partial charge in [-0.2, -0.15) is 13.2 Å². The molecule has 1 atom stereocenters. The number of thiocarbonyl (C=S) groups is 1. The van der Waals surface area contributed by atoms with Crippen LogP contribution in [0.2, 0.25) is 0 Å². The zero-order valence-electron chi connectivity index (χ0n) is 8.80. The minimum atomic E-state index is -4.61. The molecule has 0 aliphatic carbocycles. The molecule has 1 rings (SSSR count). The van der Waals surface area contributed by atoms with Crippen LogP contribution >= 0.6 is 28.1 Å². The normalized spacial score (nSPS) is 13.2. The molecule has 0 aromatic heterocycles. The summed E-state index contributed by atoms with van der Waals surface area (Å²) in [4.78, 5) is -0.736. The van der Waals surface area contributed by atoms with E-state index >= 15 is 0 Å². The Morgan fingerprint density at radius 1 is 1.44 bits per heavy atom. The van der Waals surface area contributed by atoms with E-state index in [9.17, 15) is 17.6 Å². The molecule has 0 saturated heterocycles. The smallest absolute Gasteiger partial charge is 0.401 e. The van der Waals surface area contributed by atoms with Gasteiger partial charge in [0.2, 0.25) is 0 Å². The molecular weight excluding hydrogens is 338 g/mol. The summed E-state index contributed by atoms with van der Waals surface area (Å²) in [6.07, 6.45) is -4.61. The number of hydrogen-bond acceptors (Lipinski definition) is 2. The second-order valence-electron chi connectivity index (χ2n) is 3.38. The van der Waals surface area contributed by atoms with Crippen LogP contribution in [0.1, 0.15) is 0 Å². The minimum absolute atomic E-state index is 0.288. The lowest BCUT2D eigenvalue weighted by Gasteiger charge is -2.19. The van der Waals surface area contributed by atoms with Crippen molar-refractivity contribution in [2.45, 2.75) is 6.18 Å². The second kappa shape index (κ2) is 5.83. The van der Waals surface area contributed by atoms with Crippen molar-refractivity contribution >= 4 is 33.1 Å². The van der Waals surface area contributed by atoms with Gasteiger partial charge in [-0.25, -0.2) is 4.39 Å². The van der Waals surface area contributed by atoms with Gasteiger partial charge in [0, 0.05) is 4.47 Å². The maximum Gasteiger partial charge on any atom is 0.401 e. The number of halogens is 5. The lowest BCUT2D eigenvalue weighted by Crippen LogP contribution is -2.38. The third kappa shape index (κ3) is 4.09. The first-order valence-electron chi connectivity index (χ1n) is 4.65. The van der Waals surface area contributed by atoms with Crippen LogP contribution in [-0.2, 0) is 0 Å². The molecule has 2 nitrogen and oxygen atoms in total. The van der Waals surface area contributed by atoms with Gasteiger partial charge in [-0.3, -0.25) is 0 Å². The monoisotopic (exact) mass is 345 g/mol. The summed E-state index contributed by atoms with van der Waals surface area (Å²) in [7, 11) is 0. The molecule has 1 aromatic carbocycles. The van der Waals surface area contributed by atoms with E-state index < -0.39 is 29.5 Å². The van der Waals surface area contributed by atoms with E-state index in [2.05, 4.69) is 28.1 Å². The summed E-state index contributed by atoms with van der Waals surface area (Å²) in [6.45, 7) is -0.850. The van der Waals surface area contributed by atoms with Crippen LogP contribution in [0.3, 0.4) is 0 Å². The molecule has 0 amide bonds. The number of benzene rings is 1. The Morgan fingerprint density at radius 2 is 2.06 bits per heavy atom. The molecule has 0 aliphatic heterocycles. The molecule has 0 aliphatic rings. The maximum absolute atomic E-state index is 13.3. The van der Waals surface area contributed by atoms with Gasteiger partial charge in [0.1, 0.15) is 12.5 Å². The molecule has 0 fully saturated rings. The van der Waals surface area contributed by atoms with Crippen LogP contribution < -0.4 is 10.5 Å². The molecule has 0 radical (unpaired) electrons. The fourth-order valence-electron chi connectivity index (χ4n) is 1.10. The summed E-state index contributed by atoms with van der Waals surface area (Å²) in [5.74, 6) is -3.16. The van der Waals surface area contributed by atoms with E-state index in [1.807, 2.05) is 0 Å². The number of rotatable bonds is 4. The predicted octanol–water partition coefficient (Wildman–Crippen LogP) is 3.43.